The summed E-state index contributed by atoms with van der Waals surface area (Å²) in [6, 6.07) is 5.24. The first-order valence-corrected chi connectivity index (χ1v) is 7.19. The van der Waals surface area contributed by atoms with Crippen LogP contribution in [-0.2, 0) is 9.53 Å². The molecule has 25 heavy (non-hydrogen) atoms. The maximum atomic E-state index is 11.9. The van der Waals surface area contributed by atoms with Crippen LogP contribution in [0.25, 0.3) is 0 Å². The minimum atomic E-state index is -0.805. The molecule has 1 heterocycles. The second kappa shape index (κ2) is 7.39. The Morgan fingerprint density at radius 1 is 1.24 bits per heavy atom. The van der Waals surface area contributed by atoms with Crippen molar-refractivity contribution in [2.75, 3.05) is 11.9 Å². The number of hydrogen-bond donors (Lipinski definition) is 2. The Bertz CT molecular complexity index is 883. The van der Waals surface area contributed by atoms with Crippen molar-refractivity contribution in [1.29, 1.82) is 0 Å². The molecule has 0 saturated heterocycles. The number of carbonyl (C=O) groups excluding carboxylic acids is 2. The molecule has 0 unspecified atom stereocenters. The molecule has 0 fully saturated rings. The average Bonchev–Trinajstić information content (AvgIpc) is 2.56. The van der Waals surface area contributed by atoms with Gasteiger partial charge in [-0.1, -0.05) is 0 Å². The van der Waals surface area contributed by atoms with Crippen molar-refractivity contribution < 1.29 is 19.2 Å². The molecule has 1 aromatic carbocycles. The van der Waals surface area contributed by atoms with Crippen molar-refractivity contribution >= 4 is 23.3 Å². The number of nitrogens with zero attached hydrogens (tertiary/aromatic N) is 1. The van der Waals surface area contributed by atoms with Crippen LogP contribution in [0.2, 0.25) is 0 Å². The zero-order valence-corrected chi connectivity index (χ0v) is 13.5. The number of aromatic nitrogens is 1. The molecular weight excluding hydrogens is 330 g/mol. The molecule has 0 spiro atoms. The molecular formula is C16H15N3O6. The molecule has 9 nitrogen and oxygen atoms in total. The maximum absolute atomic E-state index is 11.9. The largest absolute Gasteiger partial charge is 0.452 e. The molecule has 9 heteroatoms. The van der Waals surface area contributed by atoms with Crippen molar-refractivity contribution in [1.82, 2.24) is 4.98 Å². The summed E-state index contributed by atoms with van der Waals surface area (Å²) < 4.78 is 4.81. The van der Waals surface area contributed by atoms with Gasteiger partial charge in [0, 0.05) is 18.3 Å². The van der Waals surface area contributed by atoms with Gasteiger partial charge in [-0.2, -0.15) is 0 Å². The number of ether oxygens (including phenoxy) is 1. The standard InChI is InChI=1S/C16H15N3O6/c1-9-5-12(13(19(23)24)6-10(9)2)18-15(21)8-25-16(22)11-3-4-14(20)17-7-11/h3-7H,8H2,1-2H3,(H,17,20)(H,18,21). The van der Waals surface area contributed by atoms with E-state index < -0.39 is 23.4 Å². The second-order valence-electron chi connectivity index (χ2n) is 5.28. The number of hydrogen-bond acceptors (Lipinski definition) is 6. The Hall–Kier alpha value is -3.49. The first kappa shape index (κ1) is 17.9. The molecule has 130 valence electrons. The number of nitro benzene ring substituents is 1. The van der Waals surface area contributed by atoms with Gasteiger partial charge in [0.25, 0.3) is 11.6 Å². The third-order valence-electron chi connectivity index (χ3n) is 3.44. The number of aryl methyl sites for hydroxylation is 2. The Labute approximate surface area is 141 Å². The number of pyridine rings is 1. The SMILES string of the molecule is Cc1cc(NC(=O)COC(=O)c2ccc(=O)[nH]c2)c([N+](=O)[O-])cc1C. The minimum Gasteiger partial charge on any atom is -0.452 e. The fourth-order valence-corrected chi connectivity index (χ4v) is 1.99. The van der Waals surface area contributed by atoms with Gasteiger partial charge in [-0.3, -0.25) is 19.7 Å². The predicted octanol–water partition coefficient (Wildman–Crippen LogP) is 1.70. The molecule has 1 aromatic heterocycles. The number of H-pyrrole nitrogens is 1. The van der Waals surface area contributed by atoms with E-state index in [1.54, 1.807) is 13.8 Å². The fraction of sp³-hybridized carbons (Fsp3) is 0.188. The van der Waals surface area contributed by atoms with Gasteiger partial charge in [-0.15, -0.1) is 0 Å². The third kappa shape index (κ3) is 4.50. The quantitative estimate of drug-likeness (QED) is 0.481. The molecule has 0 atom stereocenters. The topological polar surface area (TPSA) is 131 Å². The zero-order valence-electron chi connectivity index (χ0n) is 13.5. The van der Waals surface area contributed by atoms with Crippen LogP contribution in [0.4, 0.5) is 11.4 Å². The van der Waals surface area contributed by atoms with Gasteiger partial charge < -0.3 is 15.0 Å². The number of benzene rings is 1. The minimum absolute atomic E-state index is 0.0261. The summed E-state index contributed by atoms with van der Waals surface area (Å²) in [4.78, 5) is 47.4. The number of nitrogens with one attached hydrogen (secondary N) is 2. The van der Waals surface area contributed by atoms with Crippen LogP contribution in [0.1, 0.15) is 21.5 Å². The molecule has 2 aromatic rings. The summed E-state index contributed by atoms with van der Waals surface area (Å²) in [6.07, 6.45) is 1.16. The van der Waals surface area contributed by atoms with E-state index in [9.17, 15) is 24.5 Å². The summed E-state index contributed by atoms with van der Waals surface area (Å²) in [5.41, 5.74) is 0.961. The summed E-state index contributed by atoms with van der Waals surface area (Å²) in [7, 11) is 0. The van der Waals surface area contributed by atoms with E-state index in [2.05, 4.69) is 10.3 Å². The van der Waals surface area contributed by atoms with Crippen LogP contribution in [-0.4, -0.2) is 28.4 Å². The lowest BCUT2D eigenvalue weighted by atomic mass is 10.1. The lowest BCUT2D eigenvalue weighted by Crippen LogP contribution is -2.22. The van der Waals surface area contributed by atoms with Crippen LogP contribution >= 0.6 is 0 Å². The number of anilines is 1. The lowest BCUT2D eigenvalue weighted by molar-refractivity contribution is -0.384. The normalized spacial score (nSPS) is 10.2. The molecule has 0 radical (unpaired) electrons. The first-order valence-electron chi connectivity index (χ1n) is 7.19. The second-order valence-corrected chi connectivity index (χ2v) is 5.28. The number of carbonyl (C=O) groups is 2. The van der Waals surface area contributed by atoms with Gasteiger partial charge in [0.05, 0.1) is 10.5 Å². The first-order chi connectivity index (χ1) is 11.8. The zero-order chi connectivity index (χ0) is 18.6. The Balaban J connectivity index is 2.04. The Kier molecular flexibility index (Phi) is 5.28. The number of rotatable bonds is 5. The van der Waals surface area contributed by atoms with E-state index in [-0.39, 0.29) is 22.5 Å². The van der Waals surface area contributed by atoms with Crippen molar-refractivity contribution in [2.45, 2.75) is 13.8 Å². The van der Waals surface area contributed by atoms with Crippen molar-refractivity contribution in [3.63, 3.8) is 0 Å². The number of aromatic amines is 1. The van der Waals surface area contributed by atoms with Crippen molar-refractivity contribution in [3.8, 4) is 0 Å². The van der Waals surface area contributed by atoms with Crippen LogP contribution in [0.5, 0.6) is 0 Å². The van der Waals surface area contributed by atoms with Crippen LogP contribution < -0.4 is 10.9 Å². The number of amides is 1. The Morgan fingerprint density at radius 3 is 2.52 bits per heavy atom. The molecule has 2 rings (SSSR count). The summed E-state index contributed by atoms with van der Waals surface area (Å²) in [5, 5.41) is 13.4. The van der Waals surface area contributed by atoms with E-state index >= 15 is 0 Å². The van der Waals surface area contributed by atoms with Crippen LogP contribution in [0.3, 0.4) is 0 Å². The molecule has 1 amide bonds. The highest BCUT2D eigenvalue weighted by atomic mass is 16.6. The smallest absolute Gasteiger partial charge is 0.340 e. The highest BCUT2D eigenvalue weighted by molar-refractivity contribution is 5.96. The van der Waals surface area contributed by atoms with E-state index in [0.29, 0.717) is 5.56 Å². The van der Waals surface area contributed by atoms with Crippen molar-refractivity contribution in [2.24, 2.45) is 0 Å². The van der Waals surface area contributed by atoms with Crippen LogP contribution in [0, 0.1) is 24.0 Å². The lowest BCUT2D eigenvalue weighted by Gasteiger charge is -2.09. The summed E-state index contributed by atoms with van der Waals surface area (Å²) >= 11 is 0. The molecule has 0 aliphatic rings. The molecule has 2 N–H and O–H groups in total. The number of esters is 1. The fourth-order valence-electron chi connectivity index (χ4n) is 1.99. The van der Waals surface area contributed by atoms with Crippen molar-refractivity contribution in [3.05, 3.63) is 67.6 Å². The van der Waals surface area contributed by atoms with Gasteiger partial charge >= 0.3 is 5.97 Å². The van der Waals surface area contributed by atoms with Gasteiger partial charge in [-0.25, -0.2) is 4.79 Å². The highest BCUT2D eigenvalue weighted by Gasteiger charge is 2.18. The van der Waals surface area contributed by atoms with E-state index in [4.69, 9.17) is 4.74 Å². The highest BCUT2D eigenvalue weighted by Crippen LogP contribution is 2.27. The number of nitro groups is 1. The Morgan fingerprint density at radius 2 is 1.92 bits per heavy atom. The maximum Gasteiger partial charge on any atom is 0.340 e. The predicted molar refractivity (Wildman–Crippen MR) is 88.5 cm³/mol. The van der Waals surface area contributed by atoms with E-state index in [1.165, 1.54) is 18.2 Å². The monoisotopic (exact) mass is 345 g/mol. The molecule has 0 saturated carbocycles. The molecule has 0 aliphatic carbocycles. The van der Waals surface area contributed by atoms with Gasteiger partial charge in [-0.05, 0) is 37.1 Å². The molecule has 0 bridgehead atoms. The van der Waals surface area contributed by atoms with E-state index in [1.807, 2.05) is 0 Å². The van der Waals surface area contributed by atoms with Gasteiger partial charge in [0.15, 0.2) is 6.61 Å². The molecule has 0 aliphatic heterocycles. The summed E-state index contributed by atoms with van der Waals surface area (Å²) in [5.74, 6) is -1.52. The van der Waals surface area contributed by atoms with E-state index in [0.717, 1.165) is 17.8 Å². The third-order valence-corrected chi connectivity index (χ3v) is 3.44. The summed E-state index contributed by atoms with van der Waals surface area (Å²) in [6.45, 7) is 2.85. The van der Waals surface area contributed by atoms with Crippen LogP contribution in [0.15, 0.2) is 35.3 Å². The van der Waals surface area contributed by atoms with Gasteiger partial charge in [0.2, 0.25) is 5.56 Å². The average molecular weight is 345 g/mol. The van der Waals surface area contributed by atoms with Gasteiger partial charge in [0.1, 0.15) is 5.69 Å².